The fraction of sp³-hybridized carbons (Fsp3) is 0.444. The van der Waals surface area contributed by atoms with Crippen LogP contribution in [0.4, 0.5) is 13.2 Å². The van der Waals surface area contributed by atoms with Crippen molar-refractivity contribution in [2.45, 2.75) is 25.2 Å². The molecule has 6 heteroatoms. The summed E-state index contributed by atoms with van der Waals surface area (Å²) in [7, 11) is 0. The molecule has 1 unspecified atom stereocenters. The molecule has 0 aliphatic carbocycles. The van der Waals surface area contributed by atoms with Crippen molar-refractivity contribution < 1.29 is 18.3 Å². The molecule has 84 valence electrons. The fourth-order valence-corrected chi connectivity index (χ4v) is 1.07. The number of nitrogens with two attached hydrogens (primary N) is 1. The Morgan fingerprint density at radius 3 is 2.47 bits per heavy atom. The summed E-state index contributed by atoms with van der Waals surface area (Å²) in [5.74, 6) is 0. The van der Waals surface area contributed by atoms with Gasteiger partial charge in [0.2, 0.25) is 0 Å². The van der Waals surface area contributed by atoms with Crippen LogP contribution in [-0.4, -0.2) is 16.2 Å². The van der Waals surface area contributed by atoms with Gasteiger partial charge in [0.15, 0.2) is 0 Å². The van der Waals surface area contributed by atoms with Crippen molar-refractivity contribution in [1.82, 2.24) is 4.98 Å². The van der Waals surface area contributed by atoms with E-state index in [1.807, 2.05) is 0 Å². The molecule has 0 saturated heterocycles. The molecule has 0 radical (unpaired) electrons. The summed E-state index contributed by atoms with van der Waals surface area (Å²) in [6, 6.07) is 0.0319. The number of alkyl halides is 3. The largest absolute Gasteiger partial charge is 0.417 e. The van der Waals surface area contributed by atoms with Crippen LogP contribution in [-0.2, 0) is 6.18 Å². The van der Waals surface area contributed by atoms with E-state index in [-0.39, 0.29) is 5.56 Å². The fourth-order valence-electron chi connectivity index (χ4n) is 1.07. The van der Waals surface area contributed by atoms with E-state index in [2.05, 4.69) is 4.98 Å². The SMILES string of the molecule is CC(O)[C@H](N)c1cncc(C(F)(F)F)c1. The number of aliphatic hydroxyl groups excluding tert-OH is 1. The van der Waals surface area contributed by atoms with Crippen molar-refractivity contribution in [2.75, 3.05) is 0 Å². The first-order valence-electron chi connectivity index (χ1n) is 4.28. The van der Waals surface area contributed by atoms with E-state index in [0.29, 0.717) is 0 Å². The Balaban J connectivity index is 3.03. The molecule has 2 atom stereocenters. The van der Waals surface area contributed by atoms with Crippen molar-refractivity contribution in [1.29, 1.82) is 0 Å². The summed E-state index contributed by atoms with van der Waals surface area (Å²) >= 11 is 0. The van der Waals surface area contributed by atoms with Gasteiger partial charge >= 0.3 is 6.18 Å². The highest BCUT2D eigenvalue weighted by Crippen LogP contribution is 2.30. The van der Waals surface area contributed by atoms with Gasteiger partial charge in [-0.05, 0) is 18.6 Å². The monoisotopic (exact) mass is 220 g/mol. The highest BCUT2D eigenvalue weighted by atomic mass is 19.4. The van der Waals surface area contributed by atoms with Crippen LogP contribution in [0.5, 0.6) is 0 Å². The molecule has 1 aromatic rings. The van der Waals surface area contributed by atoms with Crippen LogP contribution in [0.2, 0.25) is 0 Å². The first-order valence-corrected chi connectivity index (χ1v) is 4.28. The van der Waals surface area contributed by atoms with Crippen molar-refractivity contribution >= 4 is 0 Å². The van der Waals surface area contributed by atoms with E-state index in [1.165, 1.54) is 13.1 Å². The molecule has 0 fully saturated rings. The minimum absolute atomic E-state index is 0.167. The third-order valence-electron chi connectivity index (χ3n) is 1.99. The van der Waals surface area contributed by atoms with Gasteiger partial charge in [0.05, 0.1) is 17.7 Å². The van der Waals surface area contributed by atoms with Gasteiger partial charge in [0, 0.05) is 12.4 Å². The average Bonchev–Trinajstić information content (AvgIpc) is 2.15. The van der Waals surface area contributed by atoms with Crippen LogP contribution in [0, 0.1) is 0 Å². The second-order valence-corrected chi connectivity index (χ2v) is 3.27. The first kappa shape index (κ1) is 11.9. The molecule has 1 rings (SSSR count). The van der Waals surface area contributed by atoms with Crippen LogP contribution in [0.3, 0.4) is 0 Å². The van der Waals surface area contributed by atoms with E-state index in [9.17, 15) is 13.2 Å². The first-order chi connectivity index (χ1) is 6.82. The Morgan fingerprint density at radius 1 is 1.40 bits per heavy atom. The summed E-state index contributed by atoms with van der Waals surface area (Å²) in [5.41, 5.74) is 4.79. The summed E-state index contributed by atoms with van der Waals surface area (Å²) in [6.07, 6.45) is -3.43. The van der Waals surface area contributed by atoms with Crippen LogP contribution in [0.1, 0.15) is 24.1 Å². The molecule has 0 aliphatic rings. The molecule has 0 aliphatic heterocycles. The number of pyridine rings is 1. The predicted molar refractivity (Wildman–Crippen MR) is 47.8 cm³/mol. The molecule has 0 amide bonds. The highest BCUT2D eigenvalue weighted by molar-refractivity contribution is 5.23. The van der Waals surface area contributed by atoms with E-state index >= 15 is 0 Å². The van der Waals surface area contributed by atoms with Gasteiger partial charge in [-0.25, -0.2) is 0 Å². The lowest BCUT2D eigenvalue weighted by molar-refractivity contribution is -0.137. The molecular formula is C9H11F3N2O. The van der Waals surface area contributed by atoms with Gasteiger partial charge in [-0.1, -0.05) is 0 Å². The maximum absolute atomic E-state index is 12.3. The Bertz CT molecular complexity index is 338. The highest BCUT2D eigenvalue weighted by Gasteiger charge is 2.31. The van der Waals surface area contributed by atoms with Crippen LogP contribution >= 0.6 is 0 Å². The van der Waals surface area contributed by atoms with E-state index in [4.69, 9.17) is 10.8 Å². The molecule has 0 aromatic carbocycles. The van der Waals surface area contributed by atoms with Crippen molar-refractivity contribution in [3.8, 4) is 0 Å². The zero-order valence-corrected chi connectivity index (χ0v) is 7.99. The molecule has 1 heterocycles. The summed E-state index contributed by atoms with van der Waals surface area (Å²) < 4.78 is 36.9. The molecule has 15 heavy (non-hydrogen) atoms. The molecule has 0 bridgehead atoms. The predicted octanol–water partition coefficient (Wildman–Crippen LogP) is 1.48. The average molecular weight is 220 g/mol. The lowest BCUT2D eigenvalue weighted by Gasteiger charge is -2.16. The number of hydrogen-bond donors (Lipinski definition) is 2. The number of aliphatic hydroxyl groups is 1. The summed E-state index contributed by atoms with van der Waals surface area (Å²) in [4.78, 5) is 3.44. The van der Waals surface area contributed by atoms with Gasteiger partial charge in [-0.15, -0.1) is 0 Å². The Hall–Kier alpha value is -1.14. The second kappa shape index (κ2) is 4.16. The Morgan fingerprint density at radius 2 is 2.00 bits per heavy atom. The minimum Gasteiger partial charge on any atom is -0.391 e. The number of halogens is 3. The molecule has 0 spiro atoms. The smallest absolute Gasteiger partial charge is 0.391 e. The summed E-state index contributed by atoms with van der Waals surface area (Å²) in [5, 5.41) is 9.13. The molecule has 3 nitrogen and oxygen atoms in total. The molecule has 3 N–H and O–H groups in total. The Kier molecular flexibility index (Phi) is 3.31. The Labute approximate surface area is 84.7 Å². The van der Waals surface area contributed by atoms with Gasteiger partial charge in [-0.3, -0.25) is 4.98 Å². The van der Waals surface area contributed by atoms with Crippen LogP contribution in [0.25, 0.3) is 0 Å². The maximum Gasteiger partial charge on any atom is 0.417 e. The van der Waals surface area contributed by atoms with Crippen LogP contribution in [0.15, 0.2) is 18.5 Å². The molecular weight excluding hydrogens is 209 g/mol. The normalized spacial score (nSPS) is 16.1. The number of rotatable bonds is 2. The van der Waals surface area contributed by atoms with Gasteiger partial charge in [0.25, 0.3) is 0 Å². The summed E-state index contributed by atoms with van der Waals surface area (Å²) in [6.45, 7) is 1.41. The van der Waals surface area contributed by atoms with Crippen molar-refractivity contribution in [2.24, 2.45) is 5.73 Å². The molecule has 1 aromatic heterocycles. The zero-order chi connectivity index (χ0) is 11.6. The maximum atomic E-state index is 12.3. The van der Waals surface area contributed by atoms with Gasteiger partial charge < -0.3 is 10.8 Å². The quantitative estimate of drug-likeness (QED) is 0.793. The van der Waals surface area contributed by atoms with Crippen LogP contribution < -0.4 is 5.73 Å². The van der Waals surface area contributed by atoms with Crippen molar-refractivity contribution in [3.63, 3.8) is 0 Å². The van der Waals surface area contributed by atoms with E-state index in [0.717, 1.165) is 12.3 Å². The third kappa shape index (κ3) is 2.90. The van der Waals surface area contributed by atoms with Gasteiger partial charge in [0.1, 0.15) is 0 Å². The number of aromatic nitrogens is 1. The zero-order valence-electron chi connectivity index (χ0n) is 7.99. The minimum atomic E-state index is -4.44. The number of hydrogen-bond acceptors (Lipinski definition) is 3. The van der Waals surface area contributed by atoms with E-state index < -0.39 is 23.9 Å². The molecule has 0 saturated carbocycles. The van der Waals surface area contributed by atoms with Crippen molar-refractivity contribution in [3.05, 3.63) is 29.6 Å². The van der Waals surface area contributed by atoms with E-state index in [1.54, 1.807) is 0 Å². The topological polar surface area (TPSA) is 59.1 Å². The lowest BCUT2D eigenvalue weighted by atomic mass is 10.0. The second-order valence-electron chi connectivity index (χ2n) is 3.27. The lowest BCUT2D eigenvalue weighted by Crippen LogP contribution is -2.23. The third-order valence-corrected chi connectivity index (χ3v) is 1.99. The standard InChI is InChI=1S/C9H11F3N2O/c1-5(15)8(13)6-2-7(4-14-3-6)9(10,11)12/h2-5,8,15H,13H2,1H3/t5?,8-/m0/s1. The van der Waals surface area contributed by atoms with Gasteiger partial charge in [-0.2, -0.15) is 13.2 Å². The number of nitrogens with zero attached hydrogens (tertiary/aromatic N) is 1.